The minimum atomic E-state index is -0.608. The predicted octanol–water partition coefficient (Wildman–Crippen LogP) is 0.534. The van der Waals surface area contributed by atoms with E-state index in [-0.39, 0.29) is 12.4 Å². The standard InChI is InChI=1S/C9H18O4/c1-6-8(10)9(2,12-4)5-7(11-3)13-6/h6-8,10H,5H2,1-4H3/t6-,7?,8-,9?/m0/s1. The number of aliphatic hydroxyl groups is 1. The highest BCUT2D eigenvalue weighted by atomic mass is 16.7. The van der Waals surface area contributed by atoms with Crippen molar-refractivity contribution in [2.45, 2.75) is 44.4 Å². The van der Waals surface area contributed by atoms with E-state index in [0.717, 1.165) is 0 Å². The Bertz CT molecular complexity index is 173. The van der Waals surface area contributed by atoms with Crippen LogP contribution in [0.25, 0.3) is 0 Å². The third-order valence-electron chi connectivity index (χ3n) is 2.74. The molecule has 78 valence electrons. The molecule has 4 nitrogen and oxygen atoms in total. The second-order valence-corrected chi connectivity index (χ2v) is 3.67. The first-order valence-corrected chi connectivity index (χ1v) is 4.45. The highest BCUT2D eigenvalue weighted by molar-refractivity contribution is 4.92. The van der Waals surface area contributed by atoms with Crippen LogP contribution in [-0.4, -0.2) is 43.4 Å². The summed E-state index contributed by atoms with van der Waals surface area (Å²) >= 11 is 0. The van der Waals surface area contributed by atoms with Crippen LogP contribution in [0.3, 0.4) is 0 Å². The van der Waals surface area contributed by atoms with Crippen LogP contribution in [0.4, 0.5) is 0 Å². The Balaban J connectivity index is 2.71. The lowest BCUT2D eigenvalue weighted by molar-refractivity contribution is -0.271. The van der Waals surface area contributed by atoms with E-state index in [4.69, 9.17) is 14.2 Å². The fourth-order valence-corrected chi connectivity index (χ4v) is 1.65. The van der Waals surface area contributed by atoms with Crippen molar-refractivity contribution in [2.75, 3.05) is 14.2 Å². The Kier molecular flexibility index (Phi) is 3.29. The van der Waals surface area contributed by atoms with E-state index >= 15 is 0 Å². The third kappa shape index (κ3) is 2.02. The van der Waals surface area contributed by atoms with Crippen LogP contribution in [-0.2, 0) is 14.2 Å². The zero-order valence-electron chi connectivity index (χ0n) is 8.61. The molecule has 4 atom stereocenters. The van der Waals surface area contributed by atoms with Crippen LogP contribution in [0.15, 0.2) is 0 Å². The maximum Gasteiger partial charge on any atom is 0.160 e. The van der Waals surface area contributed by atoms with Gasteiger partial charge in [0.15, 0.2) is 6.29 Å². The van der Waals surface area contributed by atoms with Crippen LogP contribution < -0.4 is 0 Å². The molecular formula is C9H18O4. The van der Waals surface area contributed by atoms with Gasteiger partial charge in [0.25, 0.3) is 0 Å². The highest BCUT2D eigenvalue weighted by Gasteiger charge is 2.44. The number of rotatable bonds is 2. The van der Waals surface area contributed by atoms with Gasteiger partial charge in [-0.25, -0.2) is 0 Å². The van der Waals surface area contributed by atoms with Gasteiger partial charge < -0.3 is 19.3 Å². The molecule has 0 radical (unpaired) electrons. The lowest BCUT2D eigenvalue weighted by atomic mass is 9.88. The summed E-state index contributed by atoms with van der Waals surface area (Å²) in [6.07, 6.45) is -0.609. The Hall–Kier alpha value is -0.160. The number of ether oxygens (including phenoxy) is 3. The van der Waals surface area contributed by atoms with E-state index in [1.807, 2.05) is 13.8 Å². The first-order valence-electron chi connectivity index (χ1n) is 4.45. The van der Waals surface area contributed by atoms with E-state index in [1.165, 1.54) is 0 Å². The average Bonchev–Trinajstić information content (AvgIpc) is 2.13. The summed E-state index contributed by atoms with van der Waals surface area (Å²) in [4.78, 5) is 0. The molecule has 1 heterocycles. The highest BCUT2D eigenvalue weighted by Crippen LogP contribution is 2.31. The van der Waals surface area contributed by atoms with Gasteiger partial charge in [-0.3, -0.25) is 0 Å². The maximum absolute atomic E-state index is 9.80. The maximum atomic E-state index is 9.80. The van der Waals surface area contributed by atoms with E-state index < -0.39 is 11.7 Å². The van der Waals surface area contributed by atoms with Gasteiger partial charge in [-0.2, -0.15) is 0 Å². The van der Waals surface area contributed by atoms with Crippen molar-refractivity contribution in [3.05, 3.63) is 0 Å². The lowest BCUT2D eigenvalue weighted by Gasteiger charge is -2.43. The van der Waals surface area contributed by atoms with Crippen molar-refractivity contribution in [3.8, 4) is 0 Å². The first-order chi connectivity index (χ1) is 6.03. The molecule has 2 unspecified atom stereocenters. The normalized spacial score (nSPS) is 46.4. The average molecular weight is 190 g/mol. The summed E-state index contributed by atoms with van der Waals surface area (Å²) in [6, 6.07) is 0. The molecule has 1 rings (SSSR count). The smallest absolute Gasteiger partial charge is 0.160 e. The second-order valence-electron chi connectivity index (χ2n) is 3.67. The zero-order valence-corrected chi connectivity index (χ0v) is 8.61. The van der Waals surface area contributed by atoms with Crippen LogP contribution in [0.5, 0.6) is 0 Å². The number of methoxy groups -OCH3 is 2. The summed E-state index contributed by atoms with van der Waals surface area (Å²) in [5.74, 6) is 0. The van der Waals surface area contributed by atoms with Gasteiger partial charge in [-0.1, -0.05) is 0 Å². The summed E-state index contributed by atoms with van der Waals surface area (Å²) in [5.41, 5.74) is -0.571. The number of hydrogen-bond donors (Lipinski definition) is 1. The summed E-state index contributed by atoms with van der Waals surface area (Å²) in [6.45, 7) is 3.68. The van der Waals surface area contributed by atoms with Gasteiger partial charge in [0.05, 0.1) is 11.7 Å². The van der Waals surface area contributed by atoms with Gasteiger partial charge in [0, 0.05) is 20.6 Å². The summed E-state index contributed by atoms with van der Waals surface area (Å²) in [7, 11) is 3.18. The molecule has 0 bridgehead atoms. The molecule has 0 amide bonds. The minimum absolute atomic E-state index is 0.261. The lowest BCUT2D eigenvalue weighted by Crippen LogP contribution is -2.56. The topological polar surface area (TPSA) is 47.9 Å². The van der Waals surface area contributed by atoms with Crippen molar-refractivity contribution < 1.29 is 19.3 Å². The molecule has 13 heavy (non-hydrogen) atoms. The zero-order chi connectivity index (χ0) is 10.1. The predicted molar refractivity (Wildman–Crippen MR) is 47.4 cm³/mol. The molecule has 1 N–H and O–H groups in total. The largest absolute Gasteiger partial charge is 0.387 e. The molecule has 1 saturated heterocycles. The van der Waals surface area contributed by atoms with Crippen molar-refractivity contribution >= 4 is 0 Å². The fraction of sp³-hybridized carbons (Fsp3) is 1.00. The fourth-order valence-electron chi connectivity index (χ4n) is 1.65. The van der Waals surface area contributed by atoms with Crippen LogP contribution in [0, 0.1) is 0 Å². The van der Waals surface area contributed by atoms with Gasteiger partial charge in [-0.15, -0.1) is 0 Å². The third-order valence-corrected chi connectivity index (χ3v) is 2.74. The van der Waals surface area contributed by atoms with Crippen molar-refractivity contribution in [1.82, 2.24) is 0 Å². The Labute approximate surface area is 78.8 Å². The van der Waals surface area contributed by atoms with Crippen molar-refractivity contribution in [2.24, 2.45) is 0 Å². The van der Waals surface area contributed by atoms with Crippen LogP contribution >= 0.6 is 0 Å². The summed E-state index contributed by atoms with van der Waals surface area (Å²) in [5, 5.41) is 9.80. The van der Waals surface area contributed by atoms with Gasteiger partial charge >= 0.3 is 0 Å². The monoisotopic (exact) mass is 190 g/mol. The molecule has 0 spiro atoms. The minimum Gasteiger partial charge on any atom is -0.387 e. The van der Waals surface area contributed by atoms with E-state index in [2.05, 4.69) is 0 Å². The van der Waals surface area contributed by atoms with Gasteiger partial charge in [0.2, 0.25) is 0 Å². The molecule has 1 fully saturated rings. The van der Waals surface area contributed by atoms with Crippen LogP contribution in [0.1, 0.15) is 20.3 Å². The molecule has 0 aromatic rings. The van der Waals surface area contributed by atoms with Gasteiger partial charge in [0.1, 0.15) is 6.10 Å². The van der Waals surface area contributed by atoms with Crippen LogP contribution in [0.2, 0.25) is 0 Å². The molecule has 1 aliphatic heterocycles. The van der Waals surface area contributed by atoms with Gasteiger partial charge in [-0.05, 0) is 13.8 Å². The SMILES string of the molecule is COC1CC(C)(OC)[C@@H](O)[C@H](C)O1. The quantitative estimate of drug-likeness (QED) is 0.690. The van der Waals surface area contributed by atoms with Crippen molar-refractivity contribution in [1.29, 1.82) is 0 Å². The molecular weight excluding hydrogens is 172 g/mol. The molecule has 0 aliphatic carbocycles. The van der Waals surface area contributed by atoms with E-state index in [9.17, 15) is 5.11 Å². The molecule has 4 heteroatoms. The van der Waals surface area contributed by atoms with E-state index in [1.54, 1.807) is 14.2 Å². The second kappa shape index (κ2) is 3.92. The first kappa shape index (κ1) is 10.9. The Morgan fingerprint density at radius 1 is 1.46 bits per heavy atom. The molecule has 0 aromatic carbocycles. The Morgan fingerprint density at radius 2 is 2.08 bits per heavy atom. The van der Waals surface area contributed by atoms with E-state index in [0.29, 0.717) is 6.42 Å². The summed E-state index contributed by atoms with van der Waals surface area (Å²) < 4.78 is 15.8. The van der Waals surface area contributed by atoms with Crippen molar-refractivity contribution in [3.63, 3.8) is 0 Å². The molecule has 0 aromatic heterocycles. The Morgan fingerprint density at radius 3 is 2.54 bits per heavy atom. The molecule has 1 aliphatic rings. The number of hydrogen-bond acceptors (Lipinski definition) is 4. The molecule has 0 saturated carbocycles. The number of aliphatic hydroxyl groups excluding tert-OH is 1.